The van der Waals surface area contributed by atoms with Crippen LogP contribution in [0.4, 0.5) is 5.69 Å². The minimum Gasteiger partial charge on any atom is -0.349 e. The first-order chi connectivity index (χ1) is 15.2. The molecule has 166 valence electrons. The molecule has 1 aliphatic rings. The van der Waals surface area contributed by atoms with Crippen LogP contribution in [0.1, 0.15) is 46.2 Å². The fraction of sp³-hybridized carbons (Fsp3) is 0.261. The number of pyridine rings is 1. The zero-order chi connectivity index (χ0) is 23.0. The van der Waals surface area contributed by atoms with Crippen molar-refractivity contribution in [2.24, 2.45) is 5.92 Å². The molecule has 1 unspecified atom stereocenters. The maximum absolute atomic E-state index is 13.3. The third-order valence-electron chi connectivity index (χ3n) is 5.46. The van der Waals surface area contributed by atoms with Crippen LogP contribution in [0.2, 0.25) is 10.0 Å². The van der Waals surface area contributed by atoms with Gasteiger partial charge in [0, 0.05) is 27.9 Å². The number of carbonyl (C=O) groups is 2. The maximum Gasteiger partial charge on any atom is 0.272 e. The largest absolute Gasteiger partial charge is 0.349 e. The van der Waals surface area contributed by atoms with Crippen LogP contribution in [0, 0.1) is 12.8 Å². The van der Waals surface area contributed by atoms with E-state index in [9.17, 15) is 9.59 Å². The smallest absolute Gasteiger partial charge is 0.272 e. The molecule has 1 saturated carbocycles. The number of carbonyl (C=O) groups excluding carboxylic acids is 2. The van der Waals surface area contributed by atoms with Gasteiger partial charge in [-0.3, -0.25) is 14.2 Å². The van der Waals surface area contributed by atoms with E-state index < -0.39 is 5.91 Å². The van der Waals surface area contributed by atoms with Crippen molar-refractivity contribution < 1.29 is 9.59 Å². The molecule has 0 spiro atoms. The van der Waals surface area contributed by atoms with Crippen LogP contribution >= 0.6 is 39.1 Å². The third-order valence-corrected chi connectivity index (χ3v) is 6.40. The van der Waals surface area contributed by atoms with E-state index in [2.05, 4.69) is 31.5 Å². The van der Waals surface area contributed by atoms with Crippen LogP contribution < -0.4 is 10.6 Å². The van der Waals surface area contributed by atoms with Crippen molar-refractivity contribution >= 4 is 56.6 Å². The average Bonchev–Trinajstić information content (AvgIpc) is 3.52. The van der Waals surface area contributed by atoms with Crippen LogP contribution in [0.5, 0.6) is 0 Å². The first kappa shape index (κ1) is 22.8. The predicted molar refractivity (Wildman–Crippen MR) is 130 cm³/mol. The first-order valence-corrected chi connectivity index (χ1v) is 11.7. The van der Waals surface area contributed by atoms with Gasteiger partial charge in [0.25, 0.3) is 11.8 Å². The molecule has 2 amide bonds. The standard InChI is InChI=1S/C23H21BrCl2N4O2/c1-12-8-16(25)10-17(22(31)28-13(2)14-5-6-14)20(12)29-23(32)19-9-15(24)11-30(19)21-18(26)4-3-7-27-21/h3-4,7-11,13-14H,5-6H2,1-2H3,(H,28,31)(H,29,32). The molecule has 0 saturated heterocycles. The van der Waals surface area contributed by atoms with E-state index >= 15 is 0 Å². The zero-order valence-electron chi connectivity index (χ0n) is 17.5. The molecule has 6 nitrogen and oxygen atoms in total. The van der Waals surface area contributed by atoms with E-state index in [0.717, 1.165) is 12.8 Å². The second-order valence-electron chi connectivity index (χ2n) is 7.92. The summed E-state index contributed by atoms with van der Waals surface area (Å²) in [6, 6.07) is 8.43. The summed E-state index contributed by atoms with van der Waals surface area (Å²) in [6.45, 7) is 3.79. The highest BCUT2D eigenvalue weighted by molar-refractivity contribution is 9.10. The van der Waals surface area contributed by atoms with Gasteiger partial charge in [-0.2, -0.15) is 0 Å². The lowest BCUT2D eigenvalue weighted by Crippen LogP contribution is -2.34. The second kappa shape index (κ2) is 9.25. The topological polar surface area (TPSA) is 76.0 Å². The number of amides is 2. The van der Waals surface area contributed by atoms with Crippen molar-refractivity contribution in [3.05, 3.63) is 74.1 Å². The van der Waals surface area contributed by atoms with E-state index in [1.807, 2.05) is 6.92 Å². The molecular formula is C23H21BrCl2N4O2. The van der Waals surface area contributed by atoms with E-state index in [1.165, 1.54) is 0 Å². The Bertz CT molecular complexity index is 1210. The highest BCUT2D eigenvalue weighted by atomic mass is 79.9. The Kier molecular flexibility index (Phi) is 6.60. The van der Waals surface area contributed by atoms with Crippen LogP contribution in [0.3, 0.4) is 0 Å². The average molecular weight is 536 g/mol. The van der Waals surface area contributed by atoms with Gasteiger partial charge in [-0.25, -0.2) is 4.98 Å². The van der Waals surface area contributed by atoms with Crippen molar-refractivity contribution in [1.82, 2.24) is 14.9 Å². The molecule has 1 aromatic carbocycles. The molecule has 1 atom stereocenters. The normalized spacial score (nSPS) is 14.2. The van der Waals surface area contributed by atoms with E-state index in [4.69, 9.17) is 23.2 Å². The van der Waals surface area contributed by atoms with Gasteiger partial charge in [0.15, 0.2) is 5.82 Å². The summed E-state index contributed by atoms with van der Waals surface area (Å²) >= 11 is 15.9. The fourth-order valence-electron chi connectivity index (χ4n) is 3.60. The van der Waals surface area contributed by atoms with Gasteiger partial charge in [0.05, 0.1) is 16.3 Å². The summed E-state index contributed by atoms with van der Waals surface area (Å²) < 4.78 is 2.29. The monoisotopic (exact) mass is 534 g/mol. The van der Waals surface area contributed by atoms with Crippen molar-refractivity contribution in [3.8, 4) is 5.82 Å². The van der Waals surface area contributed by atoms with Crippen LogP contribution in [-0.4, -0.2) is 27.4 Å². The number of aromatic nitrogens is 2. The first-order valence-electron chi connectivity index (χ1n) is 10.2. The molecule has 2 heterocycles. The number of anilines is 1. The van der Waals surface area contributed by atoms with Crippen LogP contribution in [-0.2, 0) is 0 Å². The molecule has 1 fully saturated rings. The Balaban J connectivity index is 1.67. The minimum atomic E-state index is -0.410. The molecule has 1 aliphatic carbocycles. The summed E-state index contributed by atoms with van der Waals surface area (Å²) in [5.41, 5.74) is 1.73. The number of nitrogens with one attached hydrogen (secondary N) is 2. The van der Waals surface area contributed by atoms with E-state index in [-0.39, 0.29) is 11.9 Å². The quantitative estimate of drug-likeness (QED) is 0.404. The summed E-state index contributed by atoms with van der Waals surface area (Å²) in [7, 11) is 0. The van der Waals surface area contributed by atoms with E-state index in [1.54, 1.807) is 54.2 Å². The number of halogens is 3. The van der Waals surface area contributed by atoms with Crippen LogP contribution in [0.15, 0.2) is 47.2 Å². The summed E-state index contributed by atoms with van der Waals surface area (Å²) in [5.74, 6) is 0.247. The SMILES string of the molecule is Cc1cc(Cl)cc(C(=O)NC(C)C2CC2)c1NC(=O)c1cc(Br)cn1-c1ncccc1Cl. The molecule has 0 radical (unpaired) electrons. The number of rotatable bonds is 6. The molecule has 9 heteroatoms. The lowest BCUT2D eigenvalue weighted by Gasteiger charge is -2.18. The Labute approximate surface area is 204 Å². The second-order valence-corrected chi connectivity index (χ2v) is 9.68. The fourth-order valence-corrected chi connectivity index (χ4v) is 4.51. The lowest BCUT2D eigenvalue weighted by atomic mass is 10.1. The van der Waals surface area contributed by atoms with Gasteiger partial charge in [-0.05, 0) is 84.4 Å². The van der Waals surface area contributed by atoms with Crippen molar-refractivity contribution in [1.29, 1.82) is 0 Å². The Hall–Kier alpha value is -2.35. The van der Waals surface area contributed by atoms with Crippen molar-refractivity contribution in [2.75, 3.05) is 5.32 Å². The van der Waals surface area contributed by atoms with Gasteiger partial charge >= 0.3 is 0 Å². The lowest BCUT2D eigenvalue weighted by molar-refractivity contribution is 0.0936. The summed E-state index contributed by atoms with van der Waals surface area (Å²) in [6.07, 6.45) is 5.54. The Morgan fingerprint density at radius 3 is 2.66 bits per heavy atom. The maximum atomic E-state index is 13.3. The highest BCUT2D eigenvalue weighted by Gasteiger charge is 2.30. The minimum absolute atomic E-state index is 0.0600. The van der Waals surface area contributed by atoms with E-state index in [0.29, 0.717) is 48.8 Å². The highest BCUT2D eigenvalue weighted by Crippen LogP contribution is 2.33. The Morgan fingerprint density at radius 1 is 1.22 bits per heavy atom. The number of hydrogen-bond acceptors (Lipinski definition) is 3. The molecule has 0 bridgehead atoms. The zero-order valence-corrected chi connectivity index (χ0v) is 20.6. The molecular weight excluding hydrogens is 515 g/mol. The van der Waals surface area contributed by atoms with Crippen LogP contribution in [0.25, 0.3) is 5.82 Å². The molecule has 0 aliphatic heterocycles. The number of nitrogens with zero attached hydrogens (tertiary/aromatic N) is 2. The van der Waals surface area contributed by atoms with Gasteiger partial charge in [0.1, 0.15) is 5.69 Å². The molecule has 3 aromatic rings. The van der Waals surface area contributed by atoms with Gasteiger partial charge < -0.3 is 10.6 Å². The molecule has 2 aromatic heterocycles. The summed E-state index contributed by atoms with van der Waals surface area (Å²) in [4.78, 5) is 30.6. The predicted octanol–water partition coefficient (Wildman–Crippen LogP) is 6.03. The van der Waals surface area contributed by atoms with Gasteiger partial charge in [0.2, 0.25) is 0 Å². The summed E-state index contributed by atoms with van der Waals surface area (Å²) in [5, 5.41) is 6.75. The van der Waals surface area contributed by atoms with Gasteiger partial charge in [-0.1, -0.05) is 23.2 Å². The third kappa shape index (κ3) is 4.85. The Morgan fingerprint density at radius 2 is 1.97 bits per heavy atom. The molecule has 32 heavy (non-hydrogen) atoms. The van der Waals surface area contributed by atoms with Gasteiger partial charge in [-0.15, -0.1) is 0 Å². The number of hydrogen-bond donors (Lipinski definition) is 2. The number of aryl methyl sites for hydroxylation is 1. The molecule has 2 N–H and O–H groups in total. The van der Waals surface area contributed by atoms with Crippen molar-refractivity contribution in [3.63, 3.8) is 0 Å². The number of benzene rings is 1. The van der Waals surface area contributed by atoms with Crippen molar-refractivity contribution in [2.45, 2.75) is 32.7 Å². The molecule has 4 rings (SSSR count).